The van der Waals surface area contributed by atoms with Crippen LogP contribution in [0.15, 0.2) is 78.0 Å². The van der Waals surface area contributed by atoms with Gasteiger partial charge in [0.1, 0.15) is 5.75 Å². The summed E-state index contributed by atoms with van der Waals surface area (Å²) >= 11 is 5.30. The first-order valence-electron chi connectivity index (χ1n) is 11.7. The fraction of sp³-hybridized carbons (Fsp3) is 0.280. The van der Waals surface area contributed by atoms with Crippen molar-refractivity contribution >= 4 is 33.0 Å². The van der Waals surface area contributed by atoms with Crippen LogP contribution in [0.4, 0.5) is 18.9 Å². The SMILES string of the molecule is O=S(=O)(c1ccc(NC(=S)NCc2cccnc2)cc1)N1CCN(Cc2ccc(OC(F)(F)F)cc2)CC1. The van der Waals surface area contributed by atoms with Crippen molar-refractivity contribution in [2.24, 2.45) is 0 Å². The Kier molecular flexibility index (Phi) is 8.82. The zero-order valence-electron chi connectivity index (χ0n) is 20.2. The number of anilines is 1. The Morgan fingerprint density at radius 3 is 2.26 bits per heavy atom. The third-order valence-electron chi connectivity index (χ3n) is 5.82. The number of nitrogens with one attached hydrogen (secondary N) is 2. The van der Waals surface area contributed by atoms with Crippen molar-refractivity contribution in [1.29, 1.82) is 0 Å². The summed E-state index contributed by atoms with van der Waals surface area (Å²) in [6.45, 7) is 2.61. The molecule has 0 spiro atoms. The van der Waals surface area contributed by atoms with Crippen molar-refractivity contribution in [3.05, 3.63) is 84.2 Å². The number of benzene rings is 2. The highest BCUT2D eigenvalue weighted by Gasteiger charge is 2.31. The molecule has 0 amide bonds. The molecule has 3 aromatic rings. The summed E-state index contributed by atoms with van der Waals surface area (Å²) in [5, 5.41) is 6.52. The molecule has 0 unspecified atom stereocenters. The number of thiocarbonyl (C=S) groups is 1. The number of piperazine rings is 1. The monoisotopic (exact) mass is 565 g/mol. The third kappa shape index (κ3) is 7.87. The Balaban J connectivity index is 1.26. The quantitative estimate of drug-likeness (QED) is 0.397. The van der Waals surface area contributed by atoms with Crippen LogP contribution < -0.4 is 15.4 Å². The topological polar surface area (TPSA) is 86.8 Å². The fourth-order valence-corrected chi connectivity index (χ4v) is 5.51. The van der Waals surface area contributed by atoms with Gasteiger partial charge in [0.25, 0.3) is 0 Å². The van der Waals surface area contributed by atoms with Crippen molar-refractivity contribution in [2.45, 2.75) is 24.3 Å². The number of sulfonamides is 1. The molecule has 1 fully saturated rings. The number of rotatable bonds is 8. The van der Waals surface area contributed by atoms with Crippen molar-refractivity contribution in [2.75, 3.05) is 31.5 Å². The molecule has 38 heavy (non-hydrogen) atoms. The van der Waals surface area contributed by atoms with E-state index in [0.29, 0.717) is 50.1 Å². The smallest absolute Gasteiger partial charge is 0.406 e. The Morgan fingerprint density at radius 1 is 0.974 bits per heavy atom. The number of pyridine rings is 1. The van der Waals surface area contributed by atoms with E-state index in [2.05, 4.69) is 25.3 Å². The largest absolute Gasteiger partial charge is 0.573 e. The lowest BCUT2D eigenvalue weighted by molar-refractivity contribution is -0.274. The molecule has 1 aliphatic rings. The van der Waals surface area contributed by atoms with Crippen LogP contribution in [0.3, 0.4) is 0 Å². The molecule has 1 aromatic heterocycles. The van der Waals surface area contributed by atoms with Crippen LogP contribution in [0.2, 0.25) is 0 Å². The average Bonchev–Trinajstić information content (AvgIpc) is 2.89. The van der Waals surface area contributed by atoms with E-state index in [-0.39, 0.29) is 10.6 Å². The van der Waals surface area contributed by atoms with Crippen LogP contribution in [-0.4, -0.2) is 60.3 Å². The molecule has 2 N–H and O–H groups in total. The number of alkyl halides is 3. The van der Waals surface area contributed by atoms with Crippen molar-refractivity contribution in [3.63, 3.8) is 0 Å². The van der Waals surface area contributed by atoms with Gasteiger partial charge in [0.15, 0.2) is 5.11 Å². The predicted molar refractivity (Wildman–Crippen MR) is 141 cm³/mol. The molecular weight excluding hydrogens is 539 g/mol. The molecule has 0 atom stereocenters. The minimum Gasteiger partial charge on any atom is -0.406 e. The van der Waals surface area contributed by atoms with E-state index in [1.165, 1.54) is 16.4 Å². The molecular formula is C25H26F3N5O3S2. The number of ether oxygens (including phenoxy) is 1. The summed E-state index contributed by atoms with van der Waals surface area (Å²) in [6.07, 6.45) is -1.30. The average molecular weight is 566 g/mol. The standard InChI is InChI=1S/C25H26F3N5O3S2/c26-25(27,28)36-22-7-3-19(4-8-22)18-32-12-14-33(15-13-32)38(34,35)23-9-5-21(6-10-23)31-24(37)30-17-20-2-1-11-29-16-20/h1-11,16H,12-15,17-18H2,(H2,30,31,37). The van der Waals surface area contributed by atoms with Crippen LogP contribution >= 0.6 is 12.2 Å². The summed E-state index contributed by atoms with van der Waals surface area (Å²) in [5.74, 6) is -0.277. The first-order chi connectivity index (χ1) is 18.1. The normalized spacial score (nSPS) is 15.1. The molecule has 13 heteroatoms. The highest BCUT2D eigenvalue weighted by Crippen LogP contribution is 2.24. The van der Waals surface area contributed by atoms with Gasteiger partial charge in [-0.15, -0.1) is 13.2 Å². The molecule has 202 valence electrons. The van der Waals surface area contributed by atoms with Crippen molar-refractivity contribution in [1.82, 2.24) is 19.5 Å². The number of hydrogen-bond acceptors (Lipinski definition) is 6. The van der Waals surface area contributed by atoms with Crippen molar-refractivity contribution in [3.8, 4) is 5.75 Å². The molecule has 4 rings (SSSR count). The number of nitrogens with zero attached hydrogens (tertiary/aromatic N) is 3. The van der Waals surface area contributed by atoms with Crippen LogP contribution in [-0.2, 0) is 23.1 Å². The molecule has 2 aromatic carbocycles. The van der Waals surface area contributed by atoms with Crippen LogP contribution in [0.25, 0.3) is 0 Å². The Bertz CT molecular complexity index is 1320. The van der Waals surface area contributed by atoms with Gasteiger partial charge in [-0.2, -0.15) is 4.31 Å². The Labute approximate surface area is 224 Å². The van der Waals surface area contributed by atoms with Crippen LogP contribution in [0.5, 0.6) is 5.75 Å². The summed E-state index contributed by atoms with van der Waals surface area (Å²) in [7, 11) is -3.67. The van der Waals surface area contributed by atoms with Gasteiger partial charge in [-0.1, -0.05) is 18.2 Å². The lowest BCUT2D eigenvalue weighted by atomic mass is 10.2. The molecule has 1 saturated heterocycles. The van der Waals surface area contributed by atoms with E-state index >= 15 is 0 Å². The summed E-state index contributed by atoms with van der Waals surface area (Å²) < 4.78 is 68.6. The van der Waals surface area contributed by atoms with Gasteiger partial charge in [0, 0.05) is 57.3 Å². The van der Waals surface area contributed by atoms with Crippen LogP contribution in [0, 0.1) is 0 Å². The van der Waals surface area contributed by atoms with Gasteiger partial charge in [-0.3, -0.25) is 9.88 Å². The zero-order chi connectivity index (χ0) is 27.2. The minimum absolute atomic E-state index is 0.186. The summed E-state index contributed by atoms with van der Waals surface area (Å²) in [6, 6.07) is 15.8. The van der Waals surface area contributed by atoms with Gasteiger partial charge in [-0.05, 0) is 65.8 Å². The third-order valence-corrected chi connectivity index (χ3v) is 7.98. The second kappa shape index (κ2) is 12.1. The molecule has 0 saturated carbocycles. The number of halogens is 3. The predicted octanol–water partition coefficient (Wildman–Crippen LogP) is 3.97. The lowest BCUT2D eigenvalue weighted by Crippen LogP contribution is -2.48. The second-order valence-electron chi connectivity index (χ2n) is 8.57. The second-order valence-corrected chi connectivity index (χ2v) is 10.9. The minimum atomic E-state index is -4.73. The zero-order valence-corrected chi connectivity index (χ0v) is 21.8. The Morgan fingerprint density at radius 2 is 1.66 bits per heavy atom. The van der Waals surface area contributed by atoms with Gasteiger partial charge in [-0.25, -0.2) is 8.42 Å². The highest BCUT2D eigenvalue weighted by atomic mass is 32.2. The van der Waals surface area contributed by atoms with Crippen molar-refractivity contribution < 1.29 is 26.3 Å². The van der Waals surface area contributed by atoms with E-state index in [0.717, 1.165) is 11.1 Å². The first-order valence-corrected chi connectivity index (χ1v) is 13.5. The van der Waals surface area contributed by atoms with Gasteiger partial charge >= 0.3 is 6.36 Å². The van der Waals surface area contributed by atoms with E-state index in [4.69, 9.17) is 12.2 Å². The van der Waals surface area contributed by atoms with Crippen LogP contribution in [0.1, 0.15) is 11.1 Å². The molecule has 0 bridgehead atoms. The van der Waals surface area contributed by atoms with Gasteiger partial charge < -0.3 is 15.4 Å². The fourth-order valence-electron chi connectivity index (χ4n) is 3.90. The van der Waals surface area contributed by atoms with Gasteiger partial charge in [0.05, 0.1) is 4.90 Å². The molecule has 8 nitrogen and oxygen atoms in total. The lowest BCUT2D eigenvalue weighted by Gasteiger charge is -2.34. The number of hydrogen-bond donors (Lipinski definition) is 2. The van der Waals surface area contributed by atoms with E-state index in [1.807, 2.05) is 12.1 Å². The number of aromatic nitrogens is 1. The van der Waals surface area contributed by atoms with Gasteiger partial charge in [0.2, 0.25) is 10.0 Å². The summed E-state index contributed by atoms with van der Waals surface area (Å²) in [4.78, 5) is 6.29. The maximum absolute atomic E-state index is 13.1. The maximum atomic E-state index is 13.1. The first kappa shape index (κ1) is 27.8. The maximum Gasteiger partial charge on any atom is 0.573 e. The molecule has 1 aliphatic heterocycles. The highest BCUT2D eigenvalue weighted by molar-refractivity contribution is 7.89. The molecule has 0 radical (unpaired) electrons. The molecule has 0 aliphatic carbocycles. The van der Waals surface area contributed by atoms with E-state index in [1.54, 1.807) is 48.8 Å². The summed E-state index contributed by atoms with van der Waals surface area (Å²) in [5.41, 5.74) is 2.45. The Hall–Kier alpha value is -3.26. The van der Waals surface area contributed by atoms with E-state index in [9.17, 15) is 21.6 Å². The molecule has 2 heterocycles. The van der Waals surface area contributed by atoms with E-state index < -0.39 is 16.4 Å².